The first-order chi connectivity index (χ1) is 10.2. The third-order valence-electron chi connectivity index (χ3n) is 4.50. The molecule has 3 rings (SSSR count). The van der Waals surface area contributed by atoms with E-state index in [1.165, 1.54) is 20.7 Å². The highest BCUT2D eigenvalue weighted by Gasteiger charge is 2.20. The van der Waals surface area contributed by atoms with Crippen LogP contribution in [0, 0.1) is 11.2 Å². The summed E-state index contributed by atoms with van der Waals surface area (Å²) in [6.45, 7) is 4.72. The van der Waals surface area contributed by atoms with Gasteiger partial charge in [-0.05, 0) is 48.3 Å². The van der Waals surface area contributed by atoms with Gasteiger partial charge in [-0.25, -0.2) is 5.26 Å². The van der Waals surface area contributed by atoms with Crippen LogP contribution in [-0.4, -0.2) is 11.7 Å². The fraction of sp³-hybridized carbons (Fsp3) is 0.412. The maximum absolute atomic E-state index is 9.00. The Morgan fingerprint density at radius 2 is 2.38 bits per heavy atom. The van der Waals surface area contributed by atoms with Crippen LogP contribution in [-0.2, 0) is 0 Å². The van der Waals surface area contributed by atoms with Crippen molar-refractivity contribution in [1.82, 2.24) is 4.98 Å². The van der Waals surface area contributed by atoms with E-state index in [4.69, 9.17) is 5.26 Å². The van der Waals surface area contributed by atoms with Gasteiger partial charge in [0.05, 0.1) is 10.2 Å². The van der Waals surface area contributed by atoms with E-state index in [-0.39, 0.29) is 6.71 Å². The summed E-state index contributed by atoms with van der Waals surface area (Å²) < 4.78 is 1.34. The maximum atomic E-state index is 9.00. The fourth-order valence-electron chi connectivity index (χ4n) is 2.90. The third kappa shape index (κ3) is 2.75. The molecular weight excluding hydrogens is 275 g/mol. The summed E-state index contributed by atoms with van der Waals surface area (Å²) in [7, 11) is 0. The largest absolute Gasteiger partial charge is 0.271 e. The molecule has 2 aromatic heterocycles. The van der Waals surface area contributed by atoms with E-state index in [1.54, 1.807) is 0 Å². The number of nitriles is 1. The molecule has 0 saturated carbocycles. The second kappa shape index (κ2) is 6.03. The van der Waals surface area contributed by atoms with Gasteiger partial charge in [0.2, 0.25) is 0 Å². The van der Waals surface area contributed by atoms with Crippen molar-refractivity contribution in [3.05, 3.63) is 34.8 Å². The minimum absolute atomic E-state index is 0.205. The van der Waals surface area contributed by atoms with Crippen LogP contribution in [0.25, 0.3) is 15.8 Å². The number of allylic oxidation sites excluding steroid dienone is 2. The van der Waals surface area contributed by atoms with Crippen LogP contribution < -0.4 is 0 Å². The van der Waals surface area contributed by atoms with E-state index >= 15 is 0 Å². The summed E-state index contributed by atoms with van der Waals surface area (Å²) in [5.41, 5.74) is 3.95. The second-order valence-corrected chi connectivity index (χ2v) is 6.92. The molecule has 1 aliphatic rings. The molecule has 1 unspecified atom stereocenters. The predicted octanol–water partition coefficient (Wildman–Crippen LogP) is 5.15. The number of rotatable bonds is 3. The van der Waals surface area contributed by atoms with E-state index in [2.05, 4.69) is 43.0 Å². The molecule has 0 radical (unpaired) electrons. The molecule has 1 atom stereocenters. The number of thiophene rings is 1. The van der Waals surface area contributed by atoms with Crippen molar-refractivity contribution in [2.45, 2.75) is 45.2 Å². The third-order valence-corrected chi connectivity index (χ3v) is 5.74. The molecular formula is C17H19BN2S. The zero-order valence-corrected chi connectivity index (χ0v) is 13.4. The highest BCUT2D eigenvalue weighted by Crippen LogP contribution is 2.38. The Morgan fingerprint density at radius 3 is 3.05 bits per heavy atom. The van der Waals surface area contributed by atoms with Gasteiger partial charge in [-0.2, -0.15) is 0 Å². The summed E-state index contributed by atoms with van der Waals surface area (Å²) in [4.78, 5) is 5.87. The van der Waals surface area contributed by atoms with Gasteiger partial charge in [0.1, 0.15) is 0 Å². The molecule has 0 bridgehead atoms. The molecule has 21 heavy (non-hydrogen) atoms. The smallest absolute Gasteiger partial charge is 0.255 e. The predicted molar refractivity (Wildman–Crippen MR) is 91.9 cm³/mol. The van der Waals surface area contributed by atoms with Gasteiger partial charge >= 0.3 is 0 Å². The van der Waals surface area contributed by atoms with E-state index in [9.17, 15) is 0 Å². The minimum atomic E-state index is 0.205. The Hall–Kier alpha value is -1.60. The molecule has 0 aromatic carbocycles. The highest BCUT2D eigenvalue weighted by molar-refractivity contribution is 7.20. The molecule has 2 aromatic rings. The van der Waals surface area contributed by atoms with Crippen LogP contribution in [0.4, 0.5) is 0 Å². The number of hydrogen-bond donors (Lipinski definition) is 0. The monoisotopic (exact) mass is 294 g/mol. The number of hydrogen-bond acceptors (Lipinski definition) is 3. The van der Waals surface area contributed by atoms with Crippen molar-refractivity contribution in [2.75, 3.05) is 0 Å². The van der Waals surface area contributed by atoms with Crippen molar-refractivity contribution < 1.29 is 0 Å². The Labute approximate surface area is 130 Å². The van der Waals surface area contributed by atoms with Gasteiger partial charge < -0.3 is 0 Å². The average molecular weight is 294 g/mol. The molecule has 0 fully saturated rings. The summed E-state index contributed by atoms with van der Waals surface area (Å²) in [6.07, 6.45) is 8.24. The van der Waals surface area contributed by atoms with Crippen LogP contribution in [0.2, 0.25) is 12.6 Å². The molecule has 3 heterocycles. The Morgan fingerprint density at radius 1 is 1.52 bits per heavy atom. The van der Waals surface area contributed by atoms with E-state index in [0.29, 0.717) is 5.92 Å². The van der Waals surface area contributed by atoms with E-state index in [1.807, 2.05) is 17.5 Å². The quantitative estimate of drug-likeness (QED) is 0.733. The highest BCUT2D eigenvalue weighted by atomic mass is 32.1. The standard InChI is InChI=1S/C17H19BN2S/c1-3-12(2)14-6-9-20-15-10-16(21-17(14)15)13-4-7-18(11-19)8-5-13/h4,6,9-10,12H,3,5,7-8H2,1-2H3. The molecule has 0 saturated heterocycles. The molecule has 0 amide bonds. The normalized spacial score (nSPS) is 16.6. The molecule has 106 valence electrons. The fourth-order valence-corrected chi connectivity index (χ4v) is 4.21. The SMILES string of the molecule is CCC(C)c1ccnc2cc(C3=CCB(C#N)CC3)sc12. The van der Waals surface area contributed by atoms with Crippen molar-refractivity contribution in [3.8, 4) is 5.97 Å². The molecule has 4 heteroatoms. The Kier molecular flexibility index (Phi) is 4.12. The summed E-state index contributed by atoms with van der Waals surface area (Å²) in [5, 5.41) is 9.00. The molecule has 0 spiro atoms. The maximum Gasteiger partial charge on any atom is 0.271 e. The van der Waals surface area contributed by atoms with Gasteiger partial charge in [0.15, 0.2) is 0 Å². The van der Waals surface area contributed by atoms with Gasteiger partial charge in [-0.15, -0.1) is 11.3 Å². The van der Waals surface area contributed by atoms with Crippen LogP contribution in [0.5, 0.6) is 0 Å². The Bertz CT molecular complexity index is 726. The van der Waals surface area contributed by atoms with Crippen LogP contribution >= 0.6 is 11.3 Å². The number of pyridine rings is 1. The van der Waals surface area contributed by atoms with Crippen LogP contribution in [0.15, 0.2) is 24.4 Å². The van der Waals surface area contributed by atoms with Crippen molar-refractivity contribution in [2.24, 2.45) is 0 Å². The topological polar surface area (TPSA) is 36.7 Å². The van der Waals surface area contributed by atoms with Gasteiger partial charge in [0, 0.05) is 17.0 Å². The van der Waals surface area contributed by atoms with Crippen molar-refractivity contribution >= 4 is 33.8 Å². The lowest BCUT2D eigenvalue weighted by molar-refractivity contribution is 0.740. The van der Waals surface area contributed by atoms with Gasteiger partial charge in [-0.3, -0.25) is 4.98 Å². The Balaban J connectivity index is 1.99. The lowest BCUT2D eigenvalue weighted by atomic mass is 9.44. The van der Waals surface area contributed by atoms with Gasteiger partial charge in [-0.1, -0.05) is 26.2 Å². The summed E-state index contributed by atoms with van der Waals surface area (Å²) in [6, 6.07) is 4.39. The average Bonchev–Trinajstić information content (AvgIpc) is 2.98. The minimum Gasteiger partial charge on any atom is -0.255 e. The lowest BCUT2D eigenvalue weighted by Crippen LogP contribution is -2.11. The summed E-state index contributed by atoms with van der Waals surface area (Å²) >= 11 is 1.87. The van der Waals surface area contributed by atoms with E-state index in [0.717, 1.165) is 31.0 Å². The second-order valence-electron chi connectivity index (χ2n) is 5.86. The first-order valence-electron chi connectivity index (χ1n) is 7.70. The van der Waals surface area contributed by atoms with Crippen LogP contribution in [0.3, 0.4) is 0 Å². The molecule has 1 aliphatic heterocycles. The first kappa shape index (κ1) is 14.3. The zero-order valence-electron chi connectivity index (χ0n) is 12.6. The van der Waals surface area contributed by atoms with Crippen LogP contribution in [0.1, 0.15) is 43.0 Å². The molecule has 0 aliphatic carbocycles. The van der Waals surface area contributed by atoms with Gasteiger partial charge in [0.25, 0.3) is 6.71 Å². The number of fused-ring (bicyclic) bond motifs is 1. The molecule has 0 N–H and O–H groups in total. The first-order valence-corrected chi connectivity index (χ1v) is 8.52. The summed E-state index contributed by atoms with van der Waals surface area (Å²) in [5.74, 6) is 2.95. The van der Waals surface area contributed by atoms with Crippen molar-refractivity contribution in [3.63, 3.8) is 0 Å². The van der Waals surface area contributed by atoms with E-state index < -0.39 is 0 Å². The lowest BCUT2D eigenvalue weighted by Gasteiger charge is -2.12. The number of nitrogens with zero attached hydrogens (tertiary/aromatic N) is 2. The zero-order chi connectivity index (χ0) is 14.8. The molecule has 2 nitrogen and oxygen atoms in total. The number of aromatic nitrogens is 1. The van der Waals surface area contributed by atoms with Crippen molar-refractivity contribution in [1.29, 1.82) is 5.26 Å².